The molecule has 2 heterocycles. The third-order valence-electron chi connectivity index (χ3n) is 3.44. The lowest BCUT2D eigenvalue weighted by molar-refractivity contribution is 0.256. The second kappa shape index (κ2) is 5.40. The van der Waals surface area contributed by atoms with Gasteiger partial charge in [0, 0.05) is 31.7 Å². The quantitative estimate of drug-likeness (QED) is 0.901. The van der Waals surface area contributed by atoms with Gasteiger partial charge in [0.2, 0.25) is 0 Å². The summed E-state index contributed by atoms with van der Waals surface area (Å²) < 4.78 is 7.52. The number of benzene rings is 1. The Hall–Kier alpha value is -1.88. The Morgan fingerprint density at radius 1 is 1.37 bits per heavy atom. The maximum atomic E-state index is 8.89. The van der Waals surface area contributed by atoms with E-state index in [1.54, 1.807) is 0 Å². The van der Waals surface area contributed by atoms with Gasteiger partial charge in [-0.2, -0.15) is 0 Å². The first-order chi connectivity index (χ1) is 9.36. The van der Waals surface area contributed by atoms with E-state index in [1.807, 2.05) is 29.1 Å². The van der Waals surface area contributed by atoms with Crippen LogP contribution < -0.4 is 4.74 Å². The van der Waals surface area contributed by atoms with Gasteiger partial charge in [-0.3, -0.25) is 4.68 Å². The maximum Gasteiger partial charge on any atom is 0.122 e. The van der Waals surface area contributed by atoms with Crippen LogP contribution in [0.2, 0.25) is 0 Å². The zero-order valence-electron chi connectivity index (χ0n) is 10.7. The van der Waals surface area contributed by atoms with Crippen molar-refractivity contribution < 1.29 is 9.84 Å². The van der Waals surface area contributed by atoms with E-state index in [1.165, 1.54) is 5.56 Å². The van der Waals surface area contributed by atoms with E-state index < -0.39 is 0 Å². The minimum atomic E-state index is 0.110. The standard InChI is InChI=1S/C14H17N3O2/c18-7-5-12-10-17(16-15-12)9-11-6-8-19-14-4-2-1-3-13(11)14/h1-4,10-11,18H,5-9H2. The van der Waals surface area contributed by atoms with Gasteiger partial charge < -0.3 is 9.84 Å². The highest BCUT2D eigenvalue weighted by molar-refractivity contribution is 5.37. The summed E-state index contributed by atoms with van der Waals surface area (Å²) in [7, 11) is 0. The zero-order chi connectivity index (χ0) is 13.1. The van der Waals surface area contributed by atoms with Crippen LogP contribution in [0.4, 0.5) is 0 Å². The van der Waals surface area contributed by atoms with Crippen LogP contribution in [0.3, 0.4) is 0 Å². The maximum absolute atomic E-state index is 8.89. The number of aliphatic hydroxyl groups is 1. The number of hydrogen-bond donors (Lipinski definition) is 1. The molecule has 1 aliphatic rings. The van der Waals surface area contributed by atoms with Crippen LogP contribution in [0, 0.1) is 0 Å². The van der Waals surface area contributed by atoms with Crippen molar-refractivity contribution in [1.29, 1.82) is 0 Å². The van der Waals surface area contributed by atoms with Gasteiger partial charge >= 0.3 is 0 Å². The van der Waals surface area contributed by atoms with E-state index in [9.17, 15) is 0 Å². The number of hydrogen-bond acceptors (Lipinski definition) is 4. The molecular weight excluding hydrogens is 242 g/mol. The van der Waals surface area contributed by atoms with Crippen molar-refractivity contribution in [1.82, 2.24) is 15.0 Å². The number of nitrogens with zero attached hydrogens (tertiary/aromatic N) is 3. The van der Waals surface area contributed by atoms with E-state index in [-0.39, 0.29) is 6.61 Å². The van der Waals surface area contributed by atoms with Crippen molar-refractivity contribution in [2.24, 2.45) is 0 Å². The molecule has 0 fully saturated rings. The highest BCUT2D eigenvalue weighted by atomic mass is 16.5. The second-order valence-electron chi connectivity index (χ2n) is 4.78. The predicted octanol–water partition coefficient (Wildman–Crippen LogP) is 1.38. The SMILES string of the molecule is OCCc1cn(CC2CCOc3ccccc32)nn1. The van der Waals surface area contributed by atoms with Gasteiger partial charge in [0.05, 0.1) is 12.3 Å². The number of para-hydroxylation sites is 1. The molecule has 1 N–H and O–H groups in total. The lowest BCUT2D eigenvalue weighted by atomic mass is 9.93. The van der Waals surface area contributed by atoms with E-state index in [0.717, 1.165) is 31.0 Å². The molecular formula is C14H17N3O2. The fourth-order valence-electron chi connectivity index (χ4n) is 2.49. The van der Waals surface area contributed by atoms with Gasteiger partial charge in [-0.25, -0.2) is 0 Å². The number of rotatable bonds is 4. The summed E-state index contributed by atoms with van der Waals surface area (Å²) in [4.78, 5) is 0. The Morgan fingerprint density at radius 3 is 3.16 bits per heavy atom. The molecule has 5 heteroatoms. The summed E-state index contributed by atoms with van der Waals surface area (Å²) in [5, 5.41) is 17.1. The third kappa shape index (κ3) is 2.61. The molecule has 0 radical (unpaired) electrons. The first kappa shape index (κ1) is 12.2. The van der Waals surface area contributed by atoms with E-state index in [2.05, 4.69) is 16.4 Å². The van der Waals surface area contributed by atoms with Gasteiger partial charge in [0.25, 0.3) is 0 Å². The molecule has 0 saturated heterocycles. The molecule has 2 aromatic rings. The van der Waals surface area contributed by atoms with Gasteiger partial charge in [-0.05, 0) is 18.1 Å². The Kier molecular flexibility index (Phi) is 3.46. The van der Waals surface area contributed by atoms with Crippen LogP contribution in [0.25, 0.3) is 0 Å². The van der Waals surface area contributed by atoms with Crippen LogP contribution in [0.1, 0.15) is 23.6 Å². The third-order valence-corrected chi connectivity index (χ3v) is 3.44. The van der Waals surface area contributed by atoms with Crippen molar-refractivity contribution in [3.8, 4) is 5.75 Å². The van der Waals surface area contributed by atoms with E-state index >= 15 is 0 Å². The van der Waals surface area contributed by atoms with Gasteiger partial charge in [0.15, 0.2) is 0 Å². The molecule has 1 aromatic carbocycles. The van der Waals surface area contributed by atoms with Crippen LogP contribution in [-0.4, -0.2) is 33.3 Å². The number of fused-ring (bicyclic) bond motifs is 1. The van der Waals surface area contributed by atoms with Gasteiger partial charge in [-0.15, -0.1) is 5.10 Å². The van der Waals surface area contributed by atoms with Crippen molar-refractivity contribution >= 4 is 0 Å². The first-order valence-corrected chi connectivity index (χ1v) is 6.58. The smallest absolute Gasteiger partial charge is 0.122 e. The van der Waals surface area contributed by atoms with Crippen molar-refractivity contribution in [2.75, 3.05) is 13.2 Å². The average molecular weight is 259 g/mol. The monoisotopic (exact) mass is 259 g/mol. The van der Waals surface area contributed by atoms with Gasteiger partial charge in [-0.1, -0.05) is 23.4 Å². The minimum absolute atomic E-state index is 0.110. The highest BCUT2D eigenvalue weighted by Gasteiger charge is 2.21. The van der Waals surface area contributed by atoms with Crippen LogP contribution >= 0.6 is 0 Å². The van der Waals surface area contributed by atoms with E-state index in [0.29, 0.717) is 12.3 Å². The van der Waals surface area contributed by atoms with E-state index in [4.69, 9.17) is 9.84 Å². The molecule has 1 aromatic heterocycles. The summed E-state index contributed by atoms with van der Waals surface area (Å²) in [6.07, 6.45) is 3.46. The Morgan fingerprint density at radius 2 is 2.26 bits per heavy atom. The lowest BCUT2D eigenvalue weighted by Gasteiger charge is -2.25. The Bertz CT molecular complexity index is 553. The van der Waals surface area contributed by atoms with Gasteiger partial charge in [0.1, 0.15) is 5.75 Å². The largest absolute Gasteiger partial charge is 0.493 e. The topological polar surface area (TPSA) is 60.2 Å². The highest BCUT2D eigenvalue weighted by Crippen LogP contribution is 2.34. The number of aromatic nitrogens is 3. The molecule has 1 atom stereocenters. The molecule has 0 bridgehead atoms. The first-order valence-electron chi connectivity index (χ1n) is 6.58. The molecule has 3 rings (SSSR count). The molecule has 0 amide bonds. The minimum Gasteiger partial charge on any atom is -0.493 e. The second-order valence-corrected chi connectivity index (χ2v) is 4.78. The Balaban J connectivity index is 1.76. The van der Waals surface area contributed by atoms with Crippen LogP contribution in [-0.2, 0) is 13.0 Å². The summed E-state index contributed by atoms with van der Waals surface area (Å²) >= 11 is 0. The summed E-state index contributed by atoms with van der Waals surface area (Å²) in [5.74, 6) is 1.39. The predicted molar refractivity (Wildman–Crippen MR) is 70.1 cm³/mol. The van der Waals surface area contributed by atoms with Crippen LogP contribution in [0.5, 0.6) is 5.75 Å². The van der Waals surface area contributed by atoms with Crippen LogP contribution in [0.15, 0.2) is 30.5 Å². The molecule has 1 aliphatic heterocycles. The fourth-order valence-corrected chi connectivity index (χ4v) is 2.49. The fraction of sp³-hybridized carbons (Fsp3) is 0.429. The molecule has 0 aliphatic carbocycles. The normalized spacial score (nSPS) is 17.8. The molecule has 5 nitrogen and oxygen atoms in total. The summed E-state index contributed by atoms with van der Waals surface area (Å²) in [6, 6.07) is 8.17. The lowest BCUT2D eigenvalue weighted by Crippen LogP contribution is -2.18. The summed E-state index contributed by atoms with van der Waals surface area (Å²) in [6.45, 7) is 1.66. The van der Waals surface area contributed by atoms with Crippen molar-refractivity contribution in [3.05, 3.63) is 41.7 Å². The number of ether oxygens (including phenoxy) is 1. The number of aliphatic hydroxyl groups excluding tert-OH is 1. The molecule has 1 unspecified atom stereocenters. The molecule has 100 valence electrons. The molecule has 0 spiro atoms. The Labute approximate surface area is 111 Å². The van der Waals surface area contributed by atoms with Crippen molar-refractivity contribution in [3.63, 3.8) is 0 Å². The summed E-state index contributed by atoms with van der Waals surface area (Å²) in [5.41, 5.74) is 2.08. The zero-order valence-corrected chi connectivity index (χ0v) is 10.7. The molecule has 0 saturated carbocycles. The van der Waals surface area contributed by atoms with Crippen molar-refractivity contribution in [2.45, 2.75) is 25.3 Å². The molecule has 19 heavy (non-hydrogen) atoms. The average Bonchev–Trinajstić information content (AvgIpc) is 2.87.